The number of aliphatic hydroxyl groups is 1. The molecule has 0 spiro atoms. The molecule has 1 fully saturated rings. The second kappa shape index (κ2) is 5.51. The van der Waals surface area contributed by atoms with Gasteiger partial charge in [0.1, 0.15) is 5.56 Å². The van der Waals surface area contributed by atoms with Crippen LogP contribution in [-0.2, 0) is 10.0 Å². The maximum Gasteiger partial charge on any atom is 0.340 e. The van der Waals surface area contributed by atoms with Crippen molar-refractivity contribution in [1.82, 2.24) is 14.9 Å². The summed E-state index contributed by atoms with van der Waals surface area (Å²) in [6.45, 7) is -0.317. The smallest absolute Gasteiger partial charge is 0.340 e. The average molecular weight is 303 g/mol. The number of nitrogens with one attached hydrogen (secondary N) is 2. The van der Waals surface area contributed by atoms with Crippen molar-refractivity contribution in [3.05, 3.63) is 11.8 Å². The van der Waals surface area contributed by atoms with Gasteiger partial charge in [-0.1, -0.05) is 19.3 Å². The number of sulfonamides is 1. The van der Waals surface area contributed by atoms with Gasteiger partial charge in [-0.25, -0.2) is 17.9 Å². The van der Waals surface area contributed by atoms with Gasteiger partial charge in [-0.2, -0.15) is 5.10 Å². The van der Waals surface area contributed by atoms with E-state index in [1.54, 1.807) is 0 Å². The molecule has 0 unspecified atom stereocenters. The van der Waals surface area contributed by atoms with Crippen molar-refractivity contribution in [2.24, 2.45) is 0 Å². The highest BCUT2D eigenvalue weighted by atomic mass is 32.2. The Kier molecular flexibility index (Phi) is 4.11. The maximum atomic E-state index is 12.3. The molecule has 2 rings (SSSR count). The summed E-state index contributed by atoms with van der Waals surface area (Å²) in [6, 6.07) is 0. The summed E-state index contributed by atoms with van der Waals surface area (Å²) in [5.41, 5.74) is -1.33. The maximum absolute atomic E-state index is 12.3. The van der Waals surface area contributed by atoms with Crippen LogP contribution in [0, 0.1) is 0 Å². The lowest BCUT2D eigenvalue weighted by Gasteiger charge is -2.35. The minimum Gasteiger partial charge on any atom is -0.478 e. The SMILES string of the molecule is O=C(O)c1cn[nH]c1S(=O)(=O)NC1(CO)CCCCC1. The zero-order valence-electron chi connectivity index (χ0n) is 10.8. The van der Waals surface area contributed by atoms with E-state index in [1.807, 2.05) is 0 Å². The zero-order chi connectivity index (χ0) is 14.8. The van der Waals surface area contributed by atoms with Crippen LogP contribution in [0.1, 0.15) is 42.5 Å². The molecular weight excluding hydrogens is 286 g/mol. The fourth-order valence-electron chi connectivity index (χ4n) is 2.49. The molecule has 20 heavy (non-hydrogen) atoms. The predicted octanol–water partition coefficient (Wildman–Crippen LogP) is 0.0814. The van der Waals surface area contributed by atoms with E-state index in [1.165, 1.54) is 0 Å². The number of aromatic nitrogens is 2. The number of aromatic carboxylic acids is 1. The Morgan fingerprint density at radius 1 is 1.40 bits per heavy atom. The van der Waals surface area contributed by atoms with E-state index >= 15 is 0 Å². The van der Waals surface area contributed by atoms with Crippen molar-refractivity contribution < 1.29 is 23.4 Å². The molecule has 1 aromatic heterocycles. The summed E-state index contributed by atoms with van der Waals surface area (Å²) >= 11 is 0. The molecule has 0 radical (unpaired) electrons. The first-order valence-electron chi connectivity index (χ1n) is 6.32. The Hall–Kier alpha value is -1.45. The molecular formula is C11H17N3O5S. The number of aliphatic hydroxyl groups excluding tert-OH is 1. The first-order valence-corrected chi connectivity index (χ1v) is 7.80. The Balaban J connectivity index is 2.30. The molecule has 1 heterocycles. The Labute approximate surface area is 116 Å². The lowest BCUT2D eigenvalue weighted by Crippen LogP contribution is -2.52. The second-order valence-corrected chi connectivity index (χ2v) is 6.64. The minimum atomic E-state index is -4.07. The number of H-pyrrole nitrogens is 1. The lowest BCUT2D eigenvalue weighted by atomic mass is 9.83. The lowest BCUT2D eigenvalue weighted by molar-refractivity contribution is 0.0692. The van der Waals surface area contributed by atoms with Crippen LogP contribution in [-0.4, -0.2) is 46.9 Å². The summed E-state index contributed by atoms with van der Waals surface area (Å²) in [6.07, 6.45) is 4.63. The quantitative estimate of drug-likeness (QED) is 0.609. The van der Waals surface area contributed by atoms with E-state index < -0.39 is 32.1 Å². The molecule has 1 aliphatic rings. The Morgan fingerprint density at radius 3 is 2.60 bits per heavy atom. The molecule has 0 aliphatic heterocycles. The van der Waals surface area contributed by atoms with Crippen LogP contribution in [0.4, 0.5) is 0 Å². The van der Waals surface area contributed by atoms with Crippen LogP contribution in [0.2, 0.25) is 0 Å². The third-order valence-corrected chi connectivity index (χ3v) is 5.12. The molecule has 4 N–H and O–H groups in total. The topological polar surface area (TPSA) is 132 Å². The highest BCUT2D eigenvalue weighted by Crippen LogP contribution is 2.29. The summed E-state index contributed by atoms with van der Waals surface area (Å²) in [4.78, 5) is 11.0. The van der Waals surface area contributed by atoms with Gasteiger partial charge in [0, 0.05) is 0 Å². The number of carboxylic acid groups (broad SMARTS) is 1. The van der Waals surface area contributed by atoms with Crippen LogP contribution < -0.4 is 4.72 Å². The van der Waals surface area contributed by atoms with Gasteiger partial charge in [-0.3, -0.25) is 5.10 Å². The monoisotopic (exact) mass is 303 g/mol. The van der Waals surface area contributed by atoms with Crippen molar-refractivity contribution in [3.63, 3.8) is 0 Å². The molecule has 1 aliphatic carbocycles. The van der Waals surface area contributed by atoms with Crippen LogP contribution in [0.3, 0.4) is 0 Å². The molecule has 0 amide bonds. The molecule has 1 saturated carbocycles. The Bertz CT molecular complexity index is 589. The third kappa shape index (κ3) is 2.84. The van der Waals surface area contributed by atoms with Crippen LogP contribution in [0.5, 0.6) is 0 Å². The van der Waals surface area contributed by atoms with Gasteiger partial charge in [0.15, 0.2) is 5.03 Å². The van der Waals surface area contributed by atoms with Gasteiger partial charge >= 0.3 is 5.97 Å². The van der Waals surface area contributed by atoms with Crippen LogP contribution in [0.25, 0.3) is 0 Å². The number of nitrogens with zero attached hydrogens (tertiary/aromatic N) is 1. The van der Waals surface area contributed by atoms with Crippen molar-refractivity contribution in [2.75, 3.05) is 6.61 Å². The van der Waals surface area contributed by atoms with Gasteiger partial charge < -0.3 is 10.2 Å². The van der Waals surface area contributed by atoms with Crippen molar-refractivity contribution >= 4 is 16.0 Å². The normalized spacial score (nSPS) is 18.9. The van der Waals surface area contributed by atoms with Crippen LogP contribution >= 0.6 is 0 Å². The number of aromatic amines is 1. The molecule has 0 saturated heterocycles. The number of rotatable bonds is 5. The standard InChI is InChI=1S/C11H17N3O5S/c15-7-11(4-2-1-3-5-11)14-20(18,19)9-8(10(16)17)6-12-13-9/h6,14-15H,1-5,7H2,(H,12,13)(H,16,17). The summed E-state index contributed by atoms with van der Waals surface area (Å²) in [5.74, 6) is -1.37. The van der Waals surface area contributed by atoms with Gasteiger partial charge in [0.25, 0.3) is 10.0 Å². The molecule has 0 bridgehead atoms. The fourth-order valence-corrected chi connectivity index (χ4v) is 4.03. The summed E-state index contributed by atoms with van der Waals surface area (Å²) < 4.78 is 27.0. The Morgan fingerprint density at radius 2 is 2.05 bits per heavy atom. The van der Waals surface area contributed by atoms with E-state index in [-0.39, 0.29) is 6.61 Å². The summed E-state index contributed by atoms with van der Waals surface area (Å²) in [7, 11) is -4.07. The van der Waals surface area contributed by atoms with Crippen LogP contribution in [0.15, 0.2) is 11.2 Å². The number of hydrogen-bond acceptors (Lipinski definition) is 5. The number of hydrogen-bond donors (Lipinski definition) is 4. The van der Waals surface area contributed by atoms with Gasteiger partial charge in [-0.15, -0.1) is 0 Å². The molecule has 112 valence electrons. The zero-order valence-corrected chi connectivity index (χ0v) is 11.6. The molecule has 9 heteroatoms. The fraction of sp³-hybridized carbons (Fsp3) is 0.636. The van der Waals surface area contributed by atoms with E-state index in [2.05, 4.69) is 14.9 Å². The minimum absolute atomic E-state index is 0.317. The highest BCUT2D eigenvalue weighted by molar-refractivity contribution is 7.89. The van der Waals surface area contributed by atoms with E-state index in [4.69, 9.17) is 5.11 Å². The third-order valence-electron chi connectivity index (χ3n) is 3.57. The van der Waals surface area contributed by atoms with Gasteiger partial charge in [-0.05, 0) is 12.8 Å². The number of carboxylic acids is 1. The van der Waals surface area contributed by atoms with E-state index in [9.17, 15) is 18.3 Å². The van der Waals surface area contributed by atoms with Crippen molar-refractivity contribution in [2.45, 2.75) is 42.7 Å². The van der Waals surface area contributed by atoms with E-state index in [0.29, 0.717) is 12.8 Å². The molecule has 8 nitrogen and oxygen atoms in total. The first-order chi connectivity index (χ1) is 9.40. The van der Waals surface area contributed by atoms with Gasteiger partial charge in [0.2, 0.25) is 0 Å². The second-order valence-electron chi connectivity index (χ2n) is 5.02. The molecule has 1 aromatic rings. The first kappa shape index (κ1) is 14.9. The predicted molar refractivity (Wildman–Crippen MR) is 68.8 cm³/mol. The molecule has 0 aromatic carbocycles. The largest absolute Gasteiger partial charge is 0.478 e. The summed E-state index contributed by atoms with van der Waals surface area (Å²) in [5, 5.41) is 23.6. The number of carbonyl (C=O) groups is 1. The van der Waals surface area contributed by atoms with Crippen molar-refractivity contribution in [3.8, 4) is 0 Å². The van der Waals surface area contributed by atoms with Gasteiger partial charge in [0.05, 0.1) is 18.3 Å². The van der Waals surface area contributed by atoms with E-state index in [0.717, 1.165) is 25.5 Å². The molecule has 0 atom stereocenters. The highest BCUT2D eigenvalue weighted by Gasteiger charge is 2.37. The van der Waals surface area contributed by atoms with Crippen molar-refractivity contribution in [1.29, 1.82) is 0 Å². The average Bonchev–Trinajstić information content (AvgIpc) is 2.89.